The second kappa shape index (κ2) is 10.1. The van der Waals surface area contributed by atoms with E-state index in [-0.39, 0.29) is 24.4 Å². The summed E-state index contributed by atoms with van der Waals surface area (Å²) in [6, 6.07) is 3.27. The maximum atomic E-state index is 12.3. The molecule has 0 aliphatic rings. The molecule has 0 radical (unpaired) electrons. The van der Waals surface area contributed by atoms with Gasteiger partial charge in [-0.2, -0.15) is 0 Å². The van der Waals surface area contributed by atoms with Gasteiger partial charge in [0.05, 0.1) is 17.4 Å². The number of hydrogen-bond donors (Lipinski definition) is 2. The minimum atomic E-state index is -0.243. The number of fused-ring (bicyclic) bond motifs is 1. The molecule has 0 bridgehead atoms. The number of amides is 3. The first-order valence-electron chi connectivity index (χ1n) is 10.5. The molecule has 0 aromatic carbocycles. The van der Waals surface area contributed by atoms with Crippen LogP contribution >= 0.6 is 0 Å². The SMILES string of the molecule is CC(C)c1cc(N(C=O)CC(=O)N(C)C)c2nc([C@@H](C)Nc3cc(NC=O)ncn3)cn2c1. The number of nitrogens with zero attached hydrogens (tertiary/aromatic N) is 6. The van der Waals surface area contributed by atoms with Crippen LogP contribution in [-0.2, 0) is 14.4 Å². The van der Waals surface area contributed by atoms with Crippen LogP contribution in [0.3, 0.4) is 0 Å². The number of aromatic nitrogens is 4. The lowest BCUT2D eigenvalue weighted by Crippen LogP contribution is -2.36. The van der Waals surface area contributed by atoms with E-state index < -0.39 is 0 Å². The monoisotopic (exact) mass is 452 g/mol. The van der Waals surface area contributed by atoms with Gasteiger partial charge in [0.15, 0.2) is 5.65 Å². The van der Waals surface area contributed by atoms with E-state index in [1.54, 1.807) is 20.2 Å². The Labute approximate surface area is 191 Å². The molecule has 3 aromatic heterocycles. The van der Waals surface area contributed by atoms with Gasteiger partial charge in [-0.15, -0.1) is 0 Å². The summed E-state index contributed by atoms with van der Waals surface area (Å²) < 4.78 is 1.87. The summed E-state index contributed by atoms with van der Waals surface area (Å²) in [5.41, 5.74) is 2.84. The molecule has 174 valence electrons. The van der Waals surface area contributed by atoms with E-state index in [1.807, 2.05) is 29.8 Å². The first kappa shape index (κ1) is 23.6. The van der Waals surface area contributed by atoms with Crippen molar-refractivity contribution >= 4 is 41.7 Å². The smallest absolute Gasteiger partial charge is 0.242 e. The van der Waals surface area contributed by atoms with Crippen molar-refractivity contribution in [3.63, 3.8) is 0 Å². The number of imidazole rings is 1. The lowest BCUT2D eigenvalue weighted by Gasteiger charge is -2.21. The number of carbonyl (C=O) groups is 3. The van der Waals surface area contributed by atoms with E-state index in [0.717, 1.165) is 5.56 Å². The lowest BCUT2D eigenvalue weighted by molar-refractivity contribution is -0.128. The number of carbonyl (C=O) groups excluding carboxylic acids is 3. The predicted molar refractivity (Wildman–Crippen MR) is 125 cm³/mol. The van der Waals surface area contributed by atoms with Crippen LogP contribution < -0.4 is 15.5 Å². The summed E-state index contributed by atoms with van der Waals surface area (Å²) in [7, 11) is 3.30. The van der Waals surface area contributed by atoms with Gasteiger partial charge in [-0.05, 0) is 24.5 Å². The summed E-state index contributed by atoms with van der Waals surface area (Å²) in [4.78, 5) is 50.6. The fourth-order valence-electron chi connectivity index (χ4n) is 3.19. The highest BCUT2D eigenvalue weighted by Gasteiger charge is 2.20. The van der Waals surface area contributed by atoms with Crippen LogP contribution in [0, 0.1) is 0 Å². The molecule has 11 nitrogen and oxygen atoms in total. The number of pyridine rings is 1. The van der Waals surface area contributed by atoms with Crippen molar-refractivity contribution in [2.45, 2.75) is 32.7 Å². The van der Waals surface area contributed by atoms with Crippen molar-refractivity contribution in [1.29, 1.82) is 0 Å². The molecule has 3 aromatic rings. The predicted octanol–water partition coefficient (Wildman–Crippen LogP) is 2.04. The van der Waals surface area contributed by atoms with Crippen molar-refractivity contribution in [2.75, 3.05) is 36.2 Å². The fraction of sp³-hybridized carbons (Fsp3) is 0.364. The molecular formula is C22H28N8O3. The Bertz CT molecular complexity index is 1160. The lowest BCUT2D eigenvalue weighted by atomic mass is 10.1. The van der Waals surface area contributed by atoms with Crippen LogP contribution in [0.15, 0.2) is 30.9 Å². The maximum absolute atomic E-state index is 12.3. The molecule has 11 heteroatoms. The Morgan fingerprint density at radius 3 is 2.48 bits per heavy atom. The second-order valence-corrected chi connectivity index (χ2v) is 8.15. The summed E-state index contributed by atoms with van der Waals surface area (Å²) in [5.74, 6) is 0.909. The zero-order valence-electron chi connectivity index (χ0n) is 19.3. The van der Waals surface area contributed by atoms with E-state index in [9.17, 15) is 14.4 Å². The van der Waals surface area contributed by atoms with Crippen LogP contribution in [0.1, 0.15) is 44.0 Å². The summed E-state index contributed by atoms with van der Waals surface area (Å²) in [5, 5.41) is 5.73. The van der Waals surface area contributed by atoms with Crippen molar-refractivity contribution < 1.29 is 14.4 Å². The highest BCUT2D eigenvalue weighted by atomic mass is 16.2. The van der Waals surface area contributed by atoms with Crippen LogP contribution in [0.5, 0.6) is 0 Å². The Hall–Kier alpha value is -4.02. The van der Waals surface area contributed by atoms with Gasteiger partial charge in [0.1, 0.15) is 24.5 Å². The number of hydrogen-bond acceptors (Lipinski definition) is 7. The van der Waals surface area contributed by atoms with Gasteiger partial charge in [0.2, 0.25) is 18.7 Å². The van der Waals surface area contributed by atoms with Crippen molar-refractivity contribution in [2.24, 2.45) is 0 Å². The molecule has 33 heavy (non-hydrogen) atoms. The van der Waals surface area contributed by atoms with Crippen LogP contribution in [-0.4, -0.2) is 63.6 Å². The molecule has 0 spiro atoms. The largest absolute Gasteiger partial charge is 0.362 e. The van der Waals surface area contributed by atoms with Gasteiger partial charge in [-0.25, -0.2) is 15.0 Å². The first-order chi connectivity index (χ1) is 15.7. The van der Waals surface area contributed by atoms with Crippen LogP contribution in [0.4, 0.5) is 17.3 Å². The van der Waals surface area contributed by atoms with E-state index in [0.29, 0.717) is 41.5 Å². The van der Waals surface area contributed by atoms with Crippen molar-refractivity contribution in [3.8, 4) is 0 Å². The van der Waals surface area contributed by atoms with E-state index in [1.165, 1.54) is 16.1 Å². The highest BCUT2D eigenvalue weighted by Crippen LogP contribution is 2.28. The van der Waals surface area contributed by atoms with Crippen LogP contribution in [0.2, 0.25) is 0 Å². The van der Waals surface area contributed by atoms with Crippen LogP contribution in [0.25, 0.3) is 5.65 Å². The zero-order chi connectivity index (χ0) is 24.1. The number of likely N-dealkylation sites (N-methyl/N-ethyl adjacent to an activating group) is 1. The maximum Gasteiger partial charge on any atom is 0.242 e. The molecule has 3 rings (SSSR count). The normalized spacial score (nSPS) is 11.8. The Kier molecular flexibility index (Phi) is 7.21. The Balaban J connectivity index is 1.99. The molecule has 1 atom stereocenters. The standard InChI is InChI=1S/C22H28N8O3/c1-14(2)16-6-18(30(13-32)10-21(33)28(4)5)22-27-17(9-29(22)8-16)15(3)26-20-7-19(25-12-31)23-11-24-20/h6-9,11-15H,10H2,1-5H3,(H2,23,24,25,26,31)/t15-/m1/s1. The minimum Gasteiger partial charge on any atom is -0.362 e. The molecule has 0 aliphatic carbocycles. The summed E-state index contributed by atoms with van der Waals surface area (Å²) in [6.07, 6.45) is 6.40. The Morgan fingerprint density at radius 1 is 1.12 bits per heavy atom. The molecule has 3 heterocycles. The van der Waals surface area contributed by atoms with Crippen molar-refractivity contribution in [3.05, 3.63) is 42.1 Å². The van der Waals surface area contributed by atoms with Gasteiger partial charge < -0.3 is 24.8 Å². The van der Waals surface area contributed by atoms with E-state index >= 15 is 0 Å². The molecule has 0 fully saturated rings. The van der Waals surface area contributed by atoms with Gasteiger partial charge in [-0.1, -0.05) is 13.8 Å². The fourth-order valence-corrected chi connectivity index (χ4v) is 3.19. The molecule has 3 amide bonds. The molecule has 0 saturated heterocycles. The van der Waals surface area contributed by atoms with Gasteiger partial charge in [0, 0.05) is 32.6 Å². The quantitative estimate of drug-likeness (QED) is 0.451. The van der Waals surface area contributed by atoms with Gasteiger partial charge >= 0.3 is 0 Å². The third-order valence-electron chi connectivity index (χ3n) is 5.16. The van der Waals surface area contributed by atoms with Gasteiger partial charge in [0.25, 0.3) is 0 Å². The van der Waals surface area contributed by atoms with Gasteiger partial charge in [-0.3, -0.25) is 14.4 Å². The third-order valence-corrected chi connectivity index (χ3v) is 5.16. The molecule has 2 N–H and O–H groups in total. The number of anilines is 3. The molecule has 0 unspecified atom stereocenters. The average molecular weight is 453 g/mol. The van der Waals surface area contributed by atoms with E-state index in [4.69, 9.17) is 4.98 Å². The Morgan fingerprint density at radius 2 is 1.85 bits per heavy atom. The average Bonchev–Trinajstić information content (AvgIpc) is 3.21. The third kappa shape index (κ3) is 5.43. The van der Waals surface area contributed by atoms with E-state index in [2.05, 4.69) is 34.4 Å². The second-order valence-electron chi connectivity index (χ2n) is 8.15. The summed E-state index contributed by atoms with van der Waals surface area (Å²) >= 11 is 0. The molecule has 0 saturated carbocycles. The molecule has 0 aliphatic heterocycles. The molecular weight excluding hydrogens is 424 g/mol. The number of nitrogens with one attached hydrogen (secondary N) is 2. The summed E-state index contributed by atoms with van der Waals surface area (Å²) in [6.45, 7) is 5.95. The first-order valence-corrected chi connectivity index (χ1v) is 10.5. The minimum absolute atomic E-state index is 0.0862. The topological polar surface area (TPSA) is 125 Å². The highest BCUT2D eigenvalue weighted by molar-refractivity contribution is 5.92. The zero-order valence-corrected chi connectivity index (χ0v) is 19.3. The van der Waals surface area contributed by atoms with Crippen molar-refractivity contribution in [1.82, 2.24) is 24.3 Å². The number of rotatable bonds is 10.